The Morgan fingerprint density at radius 3 is 2.44 bits per heavy atom. The van der Waals surface area contributed by atoms with Crippen molar-refractivity contribution in [2.75, 3.05) is 6.61 Å². The van der Waals surface area contributed by atoms with E-state index in [1.165, 1.54) is 0 Å². The van der Waals surface area contributed by atoms with E-state index in [4.69, 9.17) is 9.15 Å². The molecule has 2 aromatic rings. The van der Waals surface area contributed by atoms with Gasteiger partial charge in [-0.15, -0.1) is 0 Å². The number of carboxylic acid groups (broad SMARTS) is 1. The van der Waals surface area contributed by atoms with Gasteiger partial charge in [-0.2, -0.15) is 0 Å². The van der Waals surface area contributed by atoms with Crippen LogP contribution in [0.15, 0.2) is 21.3 Å². The summed E-state index contributed by atoms with van der Waals surface area (Å²) in [4.78, 5) is 35.3. The normalized spacial score (nSPS) is 12.2. The van der Waals surface area contributed by atoms with Gasteiger partial charge < -0.3 is 19.6 Å². The van der Waals surface area contributed by atoms with Crippen molar-refractivity contribution in [3.63, 3.8) is 0 Å². The van der Waals surface area contributed by atoms with Crippen molar-refractivity contribution in [2.24, 2.45) is 5.92 Å². The van der Waals surface area contributed by atoms with Gasteiger partial charge >= 0.3 is 11.6 Å². The maximum absolute atomic E-state index is 12.2. The number of benzene rings is 1. The van der Waals surface area contributed by atoms with Crippen LogP contribution in [0.1, 0.15) is 37.0 Å². The first kappa shape index (κ1) is 20.5. The van der Waals surface area contributed by atoms with Crippen LogP contribution in [-0.2, 0) is 9.59 Å². The number of fused-ring (bicyclic) bond motifs is 1. The molecule has 7 heteroatoms. The van der Waals surface area contributed by atoms with E-state index >= 15 is 0 Å². The Morgan fingerprint density at radius 2 is 1.85 bits per heavy atom. The summed E-state index contributed by atoms with van der Waals surface area (Å²) in [5.74, 6) is -1.06. The molecular weight excluding hydrogens is 350 g/mol. The maximum atomic E-state index is 12.2. The van der Waals surface area contributed by atoms with E-state index in [-0.39, 0.29) is 12.5 Å². The number of carbonyl (C=O) groups excluding carboxylic acids is 1. The zero-order valence-electron chi connectivity index (χ0n) is 16.2. The number of aliphatic carboxylic acids is 1. The fourth-order valence-electron chi connectivity index (χ4n) is 2.87. The van der Waals surface area contributed by atoms with Gasteiger partial charge in [0.15, 0.2) is 6.61 Å². The van der Waals surface area contributed by atoms with E-state index in [1.54, 1.807) is 26.0 Å². The van der Waals surface area contributed by atoms with Gasteiger partial charge in [0.05, 0.1) is 5.39 Å². The molecule has 0 saturated heterocycles. The molecule has 1 unspecified atom stereocenters. The number of hydrogen-bond acceptors (Lipinski definition) is 5. The highest BCUT2D eigenvalue weighted by Crippen LogP contribution is 2.30. The molecule has 0 aliphatic carbocycles. The Hall–Kier alpha value is -2.83. The number of nitrogens with one attached hydrogen (secondary N) is 1. The summed E-state index contributed by atoms with van der Waals surface area (Å²) >= 11 is 0. The van der Waals surface area contributed by atoms with Gasteiger partial charge in [0, 0.05) is 5.56 Å². The van der Waals surface area contributed by atoms with Gasteiger partial charge in [-0.1, -0.05) is 13.8 Å². The quantitative estimate of drug-likeness (QED) is 0.721. The summed E-state index contributed by atoms with van der Waals surface area (Å²) in [5.41, 5.74) is 1.99. The second-order valence-electron chi connectivity index (χ2n) is 7.15. The van der Waals surface area contributed by atoms with E-state index in [1.807, 2.05) is 20.8 Å². The van der Waals surface area contributed by atoms with Gasteiger partial charge in [0.25, 0.3) is 5.91 Å². The Bertz CT molecular complexity index is 928. The zero-order chi connectivity index (χ0) is 20.3. The third-order valence-corrected chi connectivity index (χ3v) is 4.36. The van der Waals surface area contributed by atoms with E-state index in [9.17, 15) is 19.5 Å². The average molecular weight is 375 g/mol. The standard InChI is InChI=1S/C20H25NO6/c1-10(2)6-14(19(23)24)21-17(22)9-26-15-7-11(3)8-16-18(15)12(4)13(5)20(25)27-16/h7-8,10,14H,6,9H2,1-5H3,(H,21,22)(H,23,24). The largest absolute Gasteiger partial charge is 0.483 e. The molecule has 1 aromatic carbocycles. The number of hydrogen-bond donors (Lipinski definition) is 2. The van der Waals surface area contributed by atoms with E-state index in [2.05, 4.69) is 5.32 Å². The number of carboxylic acids is 1. The Morgan fingerprint density at radius 1 is 1.19 bits per heavy atom. The number of amides is 1. The van der Waals surface area contributed by atoms with E-state index in [0.717, 1.165) is 11.1 Å². The monoisotopic (exact) mass is 375 g/mol. The second-order valence-corrected chi connectivity index (χ2v) is 7.15. The molecule has 0 fully saturated rings. The van der Waals surface area contributed by atoms with E-state index < -0.39 is 23.5 Å². The molecule has 1 atom stereocenters. The average Bonchev–Trinajstić information content (AvgIpc) is 2.56. The minimum Gasteiger partial charge on any atom is -0.483 e. The first-order chi connectivity index (χ1) is 12.6. The number of ether oxygens (including phenoxy) is 1. The third kappa shape index (κ3) is 4.87. The summed E-state index contributed by atoms with van der Waals surface area (Å²) in [6, 6.07) is 2.53. The molecule has 1 aromatic heterocycles. The van der Waals surface area contributed by atoms with Crippen LogP contribution in [0.5, 0.6) is 5.75 Å². The van der Waals surface area contributed by atoms with Crippen molar-refractivity contribution < 1.29 is 23.8 Å². The lowest BCUT2D eigenvalue weighted by Crippen LogP contribution is -2.43. The predicted octanol–water partition coefficient (Wildman–Crippen LogP) is 2.71. The fraction of sp³-hybridized carbons (Fsp3) is 0.450. The Balaban J connectivity index is 2.24. The molecule has 1 heterocycles. The van der Waals surface area contributed by atoms with Crippen LogP contribution in [0.3, 0.4) is 0 Å². The van der Waals surface area contributed by atoms with Crippen LogP contribution in [0.4, 0.5) is 0 Å². The first-order valence-electron chi connectivity index (χ1n) is 8.79. The van der Waals surface area contributed by atoms with Gasteiger partial charge in [0.1, 0.15) is 17.4 Å². The van der Waals surface area contributed by atoms with Crippen LogP contribution in [0.2, 0.25) is 0 Å². The highest BCUT2D eigenvalue weighted by Gasteiger charge is 2.21. The summed E-state index contributed by atoms with van der Waals surface area (Å²) in [7, 11) is 0. The molecule has 27 heavy (non-hydrogen) atoms. The van der Waals surface area contributed by atoms with Crippen LogP contribution >= 0.6 is 0 Å². The van der Waals surface area contributed by atoms with Crippen molar-refractivity contribution in [1.29, 1.82) is 0 Å². The molecule has 2 N–H and O–H groups in total. The summed E-state index contributed by atoms with van der Waals surface area (Å²) in [6.45, 7) is 8.72. The number of aryl methyl sites for hydroxylation is 2. The maximum Gasteiger partial charge on any atom is 0.339 e. The summed E-state index contributed by atoms with van der Waals surface area (Å²) in [5, 5.41) is 12.3. The van der Waals surface area contributed by atoms with Crippen molar-refractivity contribution in [2.45, 2.75) is 47.1 Å². The lowest BCUT2D eigenvalue weighted by molar-refractivity contribution is -0.142. The van der Waals surface area contributed by atoms with Gasteiger partial charge in [-0.25, -0.2) is 9.59 Å². The van der Waals surface area contributed by atoms with Gasteiger partial charge in [-0.05, 0) is 56.4 Å². The van der Waals surface area contributed by atoms with Crippen molar-refractivity contribution in [1.82, 2.24) is 5.32 Å². The Labute approximate surface area is 157 Å². The molecule has 1 amide bonds. The minimum atomic E-state index is -1.08. The van der Waals surface area contributed by atoms with Crippen LogP contribution in [0, 0.1) is 26.7 Å². The zero-order valence-corrected chi connectivity index (χ0v) is 16.2. The molecule has 0 bridgehead atoms. The molecule has 0 radical (unpaired) electrons. The highest BCUT2D eigenvalue weighted by molar-refractivity contribution is 5.89. The summed E-state index contributed by atoms with van der Waals surface area (Å²) < 4.78 is 11.0. The van der Waals surface area contributed by atoms with Gasteiger partial charge in [0.2, 0.25) is 0 Å². The third-order valence-electron chi connectivity index (χ3n) is 4.36. The van der Waals surface area contributed by atoms with E-state index in [0.29, 0.717) is 28.7 Å². The highest BCUT2D eigenvalue weighted by atomic mass is 16.5. The molecule has 7 nitrogen and oxygen atoms in total. The first-order valence-corrected chi connectivity index (χ1v) is 8.79. The van der Waals surface area contributed by atoms with Crippen molar-refractivity contribution in [3.05, 3.63) is 39.2 Å². The second kappa shape index (κ2) is 8.24. The van der Waals surface area contributed by atoms with Crippen LogP contribution < -0.4 is 15.7 Å². The molecule has 0 spiro atoms. The molecular formula is C20H25NO6. The lowest BCUT2D eigenvalue weighted by atomic mass is 10.0. The molecule has 0 aliphatic rings. The summed E-state index contributed by atoms with van der Waals surface area (Å²) in [6.07, 6.45) is 0.331. The van der Waals surface area contributed by atoms with Crippen molar-refractivity contribution in [3.8, 4) is 5.75 Å². The fourth-order valence-corrected chi connectivity index (χ4v) is 2.87. The SMILES string of the molecule is Cc1cc(OCC(=O)NC(CC(C)C)C(=O)O)c2c(C)c(C)c(=O)oc2c1. The minimum absolute atomic E-state index is 0.126. The topological polar surface area (TPSA) is 106 Å². The smallest absolute Gasteiger partial charge is 0.339 e. The lowest BCUT2D eigenvalue weighted by Gasteiger charge is -2.17. The molecule has 2 rings (SSSR count). The molecule has 146 valence electrons. The molecule has 0 aliphatic heterocycles. The van der Waals surface area contributed by atoms with Gasteiger partial charge in [-0.3, -0.25) is 4.79 Å². The number of rotatable bonds is 7. The van der Waals surface area contributed by atoms with Crippen molar-refractivity contribution >= 4 is 22.8 Å². The molecule has 0 saturated carbocycles. The van der Waals surface area contributed by atoms with Crippen LogP contribution in [0.25, 0.3) is 11.0 Å². The Kier molecular flexibility index (Phi) is 6.25. The predicted molar refractivity (Wildman–Crippen MR) is 101 cm³/mol. The van der Waals surface area contributed by atoms with Crippen LogP contribution in [-0.4, -0.2) is 29.6 Å². The number of carbonyl (C=O) groups is 2.